The third-order valence-corrected chi connectivity index (χ3v) is 4.82. The fraction of sp³-hybridized carbons (Fsp3) is 0.200. The molecule has 2 aliphatic heterocycles. The van der Waals surface area contributed by atoms with Gasteiger partial charge in [0.05, 0.1) is 23.4 Å². The van der Waals surface area contributed by atoms with Gasteiger partial charge in [-0.2, -0.15) is 0 Å². The van der Waals surface area contributed by atoms with E-state index in [4.69, 9.17) is 0 Å². The highest BCUT2D eigenvalue weighted by Gasteiger charge is 2.36. The monoisotopic (exact) mass is 392 g/mol. The van der Waals surface area contributed by atoms with E-state index in [0.29, 0.717) is 5.69 Å². The molecule has 146 valence electrons. The van der Waals surface area contributed by atoms with Gasteiger partial charge in [-0.15, -0.1) is 0 Å². The number of fused-ring (bicyclic) bond motifs is 1. The van der Waals surface area contributed by atoms with Gasteiger partial charge >= 0.3 is 0 Å². The Morgan fingerprint density at radius 2 is 1.90 bits per heavy atom. The van der Waals surface area contributed by atoms with Crippen LogP contribution >= 0.6 is 0 Å². The number of amides is 5. The second kappa shape index (κ2) is 7.27. The maximum atomic E-state index is 12.7. The molecular weight excluding hydrogens is 376 g/mol. The van der Waals surface area contributed by atoms with Gasteiger partial charge in [0.1, 0.15) is 6.04 Å². The number of piperidine rings is 1. The Labute approximate surface area is 165 Å². The molecule has 1 aromatic carbocycles. The van der Waals surface area contributed by atoms with E-state index in [1.807, 2.05) is 0 Å². The van der Waals surface area contributed by atoms with Gasteiger partial charge < -0.3 is 5.32 Å². The van der Waals surface area contributed by atoms with E-state index in [0.717, 1.165) is 4.90 Å². The molecule has 9 nitrogen and oxygen atoms in total. The van der Waals surface area contributed by atoms with Crippen molar-refractivity contribution in [1.29, 1.82) is 0 Å². The van der Waals surface area contributed by atoms with Crippen molar-refractivity contribution in [2.45, 2.75) is 25.4 Å². The fourth-order valence-electron chi connectivity index (χ4n) is 3.30. The predicted octanol–water partition coefficient (Wildman–Crippen LogP) is 0.413. The third kappa shape index (κ3) is 3.49. The second-order valence-corrected chi connectivity index (χ2v) is 6.76. The highest BCUT2D eigenvalue weighted by atomic mass is 16.2. The van der Waals surface area contributed by atoms with Crippen LogP contribution in [0.5, 0.6) is 0 Å². The molecule has 2 N–H and O–H groups in total. The Kier molecular flexibility index (Phi) is 4.63. The predicted molar refractivity (Wildman–Crippen MR) is 98.5 cm³/mol. The molecule has 1 aromatic heterocycles. The molecule has 1 atom stereocenters. The largest absolute Gasteiger partial charge is 0.340 e. The SMILES string of the molecule is O=C1CCC(NC(=O)c2ccc3c(c2)C(=O)N(Cc2ccccn2)C3=O)C(=O)N1. The van der Waals surface area contributed by atoms with Gasteiger partial charge in [-0.05, 0) is 36.8 Å². The number of nitrogens with zero attached hydrogens (tertiary/aromatic N) is 2. The molecule has 9 heteroatoms. The molecule has 0 aliphatic carbocycles. The Hall–Kier alpha value is -3.88. The lowest BCUT2D eigenvalue weighted by Crippen LogP contribution is -2.52. The van der Waals surface area contributed by atoms with Gasteiger partial charge in [0.15, 0.2) is 0 Å². The van der Waals surface area contributed by atoms with Gasteiger partial charge in [0, 0.05) is 18.2 Å². The summed E-state index contributed by atoms with van der Waals surface area (Å²) in [6, 6.07) is 8.57. The van der Waals surface area contributed by atoms with Crippen LogP contribution in [-0.4, -0.2) is 45.5 Å². The van der Waals surface area contributed by atoms with Crippen LogP contribution in [0.2, 0.25) is 0 Å². The number of carbonyl (C=O) groups excluding carboxylic acids is 5. The van der Waals surface area contributed by atoms with E-state index in [-0.39, 0.29) is 42.0 Å². The smallest absolute Gasteiger partial charge is 0.261 e. The van der Waals surface area contributed by atoms with Crippen molar-refractivity contribution in [1.82, 2.24) is 20.5 Å². The normalized spacial score (nSPS) is 18.5. The van der Waals surface area contributed by atoms with Gasteiger partial charge in [0.2, 0.25) is 11.8 Å². The van der Waals surface area contributed by atoms with Gasteiger partial charge in [-0.3, -0.25) is 39.2 Å². The maximum Gasteiger partial charge on any atom is 0.261 e. The Balaban J connectivity index is 1.52. The summed E-state index contributed by atoms with van der Waals surface area (Å²) in [5, 5.41) is 4.72. The van der Waals surface area contributed by atoms with Crippen molar-refractivity contribution in [2.75, 3.05) is 0 Å². The molecule has 1 fully saturated rings. The number of pyridine rings is 1. The molecule has 0 radical (unpaired) electrons. The topological polar surface area (TPSA) is 126 Å². The Morgan fingerprint density at radius 3 is 2.62 bits per heavy atom. The van der Waals surface area contributed by atoms with Crippen LogP contribution in [0.25, 0.3) is 0 Å². The minimum absolute atomic E-state index is 0.0327. The summed E-state index contributed by atoms with van der Waals surface area (Å²) in [6.45, 7) is 0.0327. The summed E-state index contributed by atoms with van der Waals surface area (Å²) >= 11 is 0. The van der Waals surface area contributed by atoms with Gasteiger partial charge in [0.25, 0.3) is 17.7 Å². The first-order chi connectivity index (χ1) is 13.9. The first-order valence-corrected chi connectivity index (χ1v) is 8.99. The van der Waals surface area contributed by atoms with Crippen molar-refractivity contribution in [3.63, 3.8) is 0 Å². The minimum atomic E-state index is -0.827. The molecule has 0 bridgehead atoms. The summed E-state index contributed by atoms with van der Waals surface area (Å²) in [5.41, 5.74) is 1.05. The Morgan fingerprint density at radius 1 is 1.10 bits per heavy atom. The molecular formula is C20H16N4O5. The molecule has 2 aliphatic rings. The summed E-state index contributed by atoms with van der Waals surface area (Å²) in [7, 11) is 0. The average molecular weight is 392 g/mol. The first kappa shape index (κ1) is 18.5. The van der Waals surface area contributed by atoms with E-state index in [1.54, 1.807) is 24.4 Å². The zero-order valence-corrected chi connectivity index (χ0v) is 15.2. The second-order valence-electron chi connectivity index (χ2n) is 6.76. The molecule has 1 unspecified atom stereocenters. The molecule has 3 heterocycles. The molecule has 29 heavy (non-hydrogen) atoms. The molecule has 4 rings (SSSR count). The van der Waals surface area contributed by atoms with Crippen LogP contribution < -0.4 is 10.6 Å². The quantitative estimate of drug-likeness (QED) is 0.726. The zero-order valence-electron chi connectivity index (χ0n) is 15.2. The lowest BCUT2D eigenvalue weighted by Gasteiger charge is -2.21. The van der Waals surface area contributed by atoms with Crippen LogP contribution in [0.1, 0.15) is 49.6 Å². The van der Waals surface area contributed by atoms with Crippen LogP contribution in [0.3, 0.4) is 0 Å². The summed E-state index contributed by atoms with van der Waals surface area (Å²) in [5.74, 6) is -2.47. The fourth-order valence-corrected chi connectivity index (χ4v) is 3.30. The first-order valence-electron chi connectivity index (χ1n) is 8.99. The van der Waals surface area contributed by atoms with Crippen LogP contribution in [-0.2, 0) is 16.1 Å². The molecule has 5 amide bonds. The van der Waals surface area contributed by atoms with E-state index >= 15 is 0 Å². The number of imide groups is 2. The lowest BCUT2D eigenvalue weighted by atomic mass is 10.0. The lowest BCUT2D eigenvalue weighted by molar-refractivity contribution is -0.134. The third-order valence-electron chi connectivity index (χ3n) is 4.82. The van der Waals surface area contributed by atoms with Gasteiger partial charge in [-0.25, -0.2) is 0 Å². The van der Waals surface area contributed by atoms with Crippen LogP contribution in [0.4, 0.5) is 0 Å². The number of nitrogens with one attached hydrogen (secondary N) is 2. The summed E-state index contributed by atoms with van der Waals surface area (Å²) in [6.07, 6.45) is 1.91. The zero-order chi connectivity index (χ0) is 20.5. The highest BCUT2D eigenvalue weighted by Crippen LogP contribution is 2.25. The standard InChI is InChI=1S/C20H16N4O5/c25-16-7-6-15(18(27)23-16)22-17(26)11-4-5-13-14(9-11)20(29)24(19(13)28)10-12-3-1-2-8-21-12/h1-5,8-9,15H,6-7,10H2,(H,22,26)(H,23,25,27). The molecule has 0 saturated carbocycles. The van der Waals surface area contributed by atoms with Crippen LogP contribution in [0.15, 0.2) is 42.6 Å². The van der Waals surface area contributed by atoms with E-state index in [1.165, 1.54) is 18.2 Å². The van der Waals surface area contributed by atoms with Gasteiger partial charge in [-0.1, -0.05) is 6.07 Å². The highest BCUT2D eigenvalue weighted by molar-refractivity contribution is 6.22. The summed E-state index contributed by atoms with van der Waals surface area (Å²) < 4.78 is 0. The number of hydrogen-bond acceptors (Lipinski definition) is 6. The number of benzene rings is 1. The van der Waals surface area contributed by atoms with E-state index in [9.17, 15) is 24.0 Å². The van der Waals surface area contributed by atoms with Crippen molar-refractivity contribution in [3.8, 4) is 0 Å². The maximum absolute atomic E-state index is 12.7. The molecule has 2 aromatic rings. The summed E-state index contributed by atoms with van der Waals surface area (Å²) in [4.78, 5) is 66.0. The Bertz CT molecular complexity index is 1050. The van der Waals surface area contributed by atoms with Crippen molar-refractivity contribution < 1.29 is 24.0 Å². The number of carbonyl (C=O) groups is 5. The van der Waals surface area contributed by atoms with Crippen molar-refractivity contribution in [3.05, 3.63) is 65.0 Å². The molecule has 0 spiro atoms. The number of rotatable bonds is 4. The number of hydrogen-bond donors (Lipinski definition) is 2. The average Bonchev–Trinajstić information content (AvgIpc) is 2.95. The number of aromatic nitrogens is 1. The van der Waals surface area contributed by atoms with Crippen molar-refractivity contribution in [2.24, 2.45) is 0 Å². The minimum Gasteiger partial charge on any atom is -0.340 e. The van der Waals surface area contributed by atoms with E-state index in [2.05, 4.69) is 15.6 Å². The van der Waals surface area contributed by atoms with E-state index < -0.39 is 29.7 Å². The molecule has 1 saturated heterocycles. The van der Waals surface area contributed by atoms with Crippen molar-refractivity contribution >= 4 is 29.5 Å². The van der Waals surface area contributed by atoms with Crippen LogP contribution in [0, 0.1) is 0 Å².